The number of nitrogens with zero attached hydrogens (tertiary/aromatic N) is 1. The molecule has 2 heterocycles. The van der Waals surface area contributed by atoms with Gasteiger partial charge >= 0.3 is 0 Å². The van der Waals surface area contributed by atoms with Crippen molar-refractivity contribution in [3.63, 3.8) is 0 Å². The molecule has 3 aromatic carbocycles. The molecule has 7 heteroatoms. The van der Waals surface area contributed by atoms with E-state index >= 15 is 0 Å². The molecule has 0 saturated carbocycles. The first-order valence-corrected chi connectivity index (χ1v) is 15.6. The summed E-state index contributed by atoms with van der Waals surface area (Å²) in [4.78, 5) is 29.2. The lowest BCUT2D eigenvalue weighted by molar-refractivity contribution is -0.122. The van der Waals surface area contributed by atoms with Crippen LogP contribution in [0.4, 0.5) is 17.1 Å². The van der Waals surface area contributed by atoms with E-state index in [1.807, 2.05) is 66.7 Å². The number of rotatable bonds is 11. The Morgan fingerprint density at radius 3 is 2.48 bits per heavy atom. The molecule has 3 aliphatic rings. The lowest BCUT2D eigenvalue weighted by Gasteiger charge is -2.31. The molecule has 2 aliphatic heterocycles. The molecule has 1 aliphatic carbocycles. The van der Waals surface area contributed by atoms with Gasteiger partial charge in [0.15, 0.2) is 0 Å². The number of hydrogen-bond donors (Lipinski definition) is 2. The Balaban J connectivity index is 1.20. The average molecular weight is 593 g/mol. The second-order valence-electron chi connectivity index (χ2n) is 12.0. The van der Waals surface area contributed by atoms with Crippen molar-refractivity contribution in [3.05, 3.63) is 101 Å². The van der Waals surface area contributed by atoms with Crippen LogP contribution in [0.15, 0.2) is 95.6 Å². The Hall–Kier alpha value is -4.20. The maximum atomic E-state index is 14.0. The van der Waals surface area contributed by atoms with Crippen LogP contribution in [0.3, 0.4) is 0 Å². The van der Waals surface area contributed by atoms with Crippen LogP contribution in [0.1, 0.15) is 44.6 Å². The maximum Gasteiger partial charge on any atom is 0.238 e. The highest BCUT2D eigenvalue weighted by molar-refractivity contribution is 6.22. The highest BCUT2D eigenvalue weighted by Crippen LogP contribution is 2.50. The Bertz CT molecular complexity index is 1560. The second kappa shape index (κ2) is 13.2. The zero-order valence-electron chi connectivity index (χ0n) is 25.4. The number of imide groups is 1. The van der Waals surface area contributed by atoms with E-state index in [2.05, 4.69) is 18.3 Å². The first-order chi connectivity index (χ1) is 21.5. The minimum Gasteiger partial charge on any atom is -0.508 e. The molecule has 7 nitrogen and oxygen atoms in total. The van der Waals surface area contributed by atoms with Crippen LogP contribution in [-0.2, 0) is 19.1 Å². The van der Waals surface area contributed by atoms with E-state index in [1.165, 1.54) is 10.5 Å². The van der Waals surface area contributed by atoms with Gasteiger partial charge in [-0.3, -0.25) is 14.5 Å². The summed E-state index contributed by atoms with van der Waals surface area (Å²) in [5, 5.41) is 13.3. The first-order valence-electron chi connectivity index (χ1n) is 15.6. The standard InChI is InChI=1S/C37H40N2O5/c1-3-8-24(19-25-9-7-12-30(40)20-25)13-18-33-34-26(22-43-2)21-31-35(32(34)23-44-33)37(42)39(36(31)41)29-16-14-28(15-17-29)38-27-10-5-4-6-11-27/h4-7,9-12,14-17,19-20,31-33,35,38,40H,3,8,13,18,21-23H2,1-2H3/b24-19+/t31-,32+,33-,35-/m1/s1. The highest BCUT2D eigenvalue weighted by Gasteiger charge is 2.57. The van der Waals surface area contributed by atoms with E-state index in [-0.39, 0.29) is 29.6 Å². The lowest BCUT2D eigenvalue weighted by atomic mass is 9.69. The van der Waals surface area contributed by atoms with E-state index in [4.69, 9.17) is 9.47 Å². The van der Waals surface area contributed by atoms with Crippen molar-refractivity contribution >= 4 is 35.0 Å². The van der Waals surface area contributed by atoms with E-state index in [0.717, 1.165) is 53.8 Å². The van der Waals surface area contributed by atoms with Crippen molar-refractivity contribution in [2.24, 2.45) is 17.8 Å². The molecule has 0 radical (unpaired) electrons. The van der Waals surface area contributed by atoms with Gasteiger partial charge in [0, 0.05) is 24.4 Å². The minimum absolute atomic E-state index is 0.115. The Kier molecular flexibility index (Phi) is 8.96. The molecule has 3 aromatic rings. The van der Waals surface area contributed by atoms with Gasteiger partial charge in [0.2, 0.25) is 11.8 Å². The third kappa shape index (κ3) is 6.07. The number of methoxy groups -OCH3 is 1. The SMILES string of the molecule is CCC/C(=C\c1cccc(O)c1)CC[C@H]1OC[C@H]2C1=C(COC)C[C@H]1C(=O)N(c3ccc(Nc4ccccc4)cc3)C(=O)[C@H]12. The highest BCUT2D eigenvalue weighted by atomic mass is 16.5. The van der Waals surface area contributed by atoms with Gasteiger partial charge in [0.05, 0.1) is 36.8 Å². The molecule has 0 unspecified atom stereocenters. The Morgan fingerprint density at radius 1 is 0.977 bits per heavy atom. The molecular formula is C37H40N2O5. The zero-order chi connectivity index (χ0) is 30.6. The van der Waals surface area contributed by atoms with Gasteiger partial charge in [-0.05, 0) is 90.9 Å². The molecule has 6 rings (SSSR count). The Morgan fingerprint density at radius 2 is 1.75 bits per heavy atom. The molecule has 228 valence electrons. The number of amides is 2. The van der Waals surface area contributed by atoms with Crippen molar-refractivity contribution in [1.29, 1.82) is 0 Å². The number of benzene rings is 3. The predicted molar refractivity (Wildman–Crippen MR) is 173 cm³/mol. The predicted octanol–water partition coefficient (Wildman–Crippen LogP) is 7.27. The summed E-state index contributed by atoms with van der Waals surface area (Å²) >= 11 is 0. The number of phenolic OH excluding ortho intramolecular Hbond substituents is 1. The maximum absolute atomic E-state index is 14.0. The van der Waals surface area contributed by atoms with Gasteiger partial charge in [0.25, 0.3) is 0 Å². The van der Waals surface area contributed by atoms with Crippen molar-refractivity contribution in [3.8, 4) is 5.75 Å². The summed E-state index contributed by atoms with van der Waals surface area (Å²) in [6.07, 6.45) is 6.19. The van der Waals surface area contributed by atoms with Crippen LogP contribution in [0.2, 0.25) is 0 Å². The summed E-state index contributed by atoms with van der Waals surface area (Å²) in [5.74, 6) is -0.988. The molecule has 0 spiro atoms. The lowest BCUT2D eigenvalue weighted by Crippen LogP contribution is -2.35. The van der Waals surface area contributed by atoms with Gasteiger partial charge in [-0.2, -0.15) is 0 Å². The number of aromatic hydroxyl groups is 1. The van der Waals surface area contributed by atoms with Gasteiger partial charge in [-0.25, -0.2) is 0 Å². The molecule has 2 amide bonds. The molecular weight excluding hydrogens is 552 g/mol. The second-order valence-corrected chi connectivity index (χ2v) is 12.0. The number of carbonyl (C=O) groups is 2. The Labute approximate surface area is 259 Å². The number of phenols is 1. The van der Waals surface area contributed by atoms with E-state index in [0.29, 0.717) is 25.3 Å². The normalized spacial score (nSPS) is 23.2. The van der Waals surface area contributed by atoms with Crippen LogP contribution in [0, 0.1) is 17.8 Å². The molecule has 0 aromatic heterocycles. The monoisotopic (exact) mass is 592 g/mol. The third-order valence-electron chi connectivity index (χ3n) is 9.05. The van der Waals surface area contributed by atoms with E-state index < -0.39 is 11.8 Å². The first kappa shape index (κ1) is 29.9. The average Bonchev–Trinajstić information content (AvgIpc) is 3.55. The summed E-state index contributed by atoms with van der Waals surface area (Å²) in [5.41, 5.74) is 6.99. The molecule has 4 atom stereocenters. The quantitative estimate of drug-likeness (QED) is 0.180. The molecule has 2 fully saturated rings. The molecule has 44 heavy (non-hydrogen) atoms. The number of nitrogens with one attached hydrogen (secondary N) is 1. The number of fused-ring (bicyclic) bond motifs is 3. The summed E-state index contributed by atoms with van der Waals surface area (Å²) in [6, 6.07) is 24.7. The van der Waals surface area contributed by atoms with Crippen molar-refractivity contribution in [2.45, 2.75) is 45.1 Å². The summed E-state index contributed by atoms with van der Waals surface area (Å²) in [6.45, 7) is 3.03. The number of ether oxygens (including phenoxy) is 2. The number of anilines is 3. The fraction of sp³-hybridized carbons (Fsp3) is 0.351. The fourth-order valence-corrected chi connectivity index (χ4v) is 7.17. The molecule has 2 N–H and O–H groups in total. The van der Waals surface area contributed by atoms with Gasteiger partial charge in [-0.15, -0.1) is 0 Å². The van der Waals surface area contributed by atoms with Gasteiger partial charge < -0.3 is 19.9 Å². The third-order valence-corrected chi connectivity index (χ3v) is 9.05. The van der Waals surface area contributed by atoms with Crippen LogP contribution >= 0.6 is 0 Å². The van der Waals surface area contributed by atoms with Gasteiger partial charge in [-0.1, -0.05) is 55.3 Å². The van der Waals surface area contributed by atoms with Crippen LogP contribution in [0.5, 0.6) is 5.75 Å². The summed E-state index contributed by atoms with van der Waals surface area (Å²) in [7, 11) is 1.68. The van der Waals surface area contributed by atoms with Crippen LogP contribution in [-0.4, -0.2) is 43.3 Å². The smallest absolute Gasteiger partial charge is 0.238 e. The number of para-hydroxylation sites is 1. The number of carbonyl (C=O) groups excluding carboxylic acids is 2. The number of hydrogen-bond acceptors (Lipinski definition) is 6. The zero-order valence-corrected chi connectivity index (χ0v) is 25.4. The topological polar surface area (TPSA) is 88.1 Å². The fourth-order valence-electron chi connectivity index (χ4n) is 7.17. The van der Waals surface area contributed by atoms with Crippen molar-refractivity contribution in [2.75, 3.05) is 30.5 Å². The molecule has 2 saturated heterocycles. The van der Waals surface area contributed by atoms with Crippen LogP contribution < -0.4 is 10.2 Å². The van der Waals surface area contributed by atoms with E-state index in [9.17, 15) is 14.7 Å². The minimum atomic E-state index is -0.428. The number of allylic oxidation sites excluding steroid dienone is 1. The van der Waals surface area contributed by atoms with Crippen molar-refractivity contribution in [1.82, 2.24) is 0 Å². The largest absolute Gasteiger partial charge is 0.508 e. The molecule has 0 bridgehead atoms. The van der Waals surface area contributed by atoms with Crippen molar-refractivity contribution < 1.29 is 24.2 Å². The van der Waals surface area contributed by atoms with E-state index in [1.54, 1.807) is 19.2 Å². The summed E-state index contributed by atoms with van der Waals surface area (Å²) < 4.78 is 12.0. The van der Waals surface area contributed by atoms with Gasteiger partial charge in [0.1, 0.15) is 5.75 Å². The van der Waals surface area contributed by atoms with Crippen LogP contribution in [0.25, 0.3) is 6.08 Å².